The molecule has 0 aromatic carbocycles. The first-order valence-electron chi connectivity index (χ1n) is 9.51. The molecular formula is C19H25N3O5S. The van der Waals surface area contributed by atoms with Gasteiger partial charge in [-0.2, -0.15) is 0 Å². The average Bonchev–Trinajstić information content (AvgIpc) is 3.26. The van der Waals surface area contributed by atoms with Crippen LogP contribution in [0.2, 0.25) is 0 Å². The third-order valence-electron chi connectivity index (χ3n) is 5.43. The fourth-order valence-electron chi connectivity index (χ4n) is 3.79. The van der Waals surface area contributed by atoms with E-state index in [9.17, 15) is 19.2 Å². The number of nitrogens with one attached hydrogen (secondary N) is 2. The molecule has 2 atom stereocenters. The molecule has 3 rings (SSSR count). The van der Waals surface area contributed by atoms with Crippen LogP contribution in [0.25, 0.3) is 0 Å². The van der Waals surface area contributed by atoms with Crippen LogP contribution < -0.4 is 10.6 Å². The molecule has 1 aliphatic heterocycles. The van der Waals surface area contributed by atoms with E-state index >= 15 is 0 Å². The van der Waals surface area contributed by atoms with Crippen LogP contribution in [-0.4, -0.2) is 54.0 Å². The number of ether oxygens (including phenoxy) is 1. The lowest BCUT2D eigenvalue weighted by Gasteiger charge is -2.36. The second-order valence-electron chi connectivity index (χ2n) is 7.28. The molecule has 2 N–H and O–H groups in total. The van der Waals surface area contributed by atoms with Gasteiger partial charge in [0.05, 0.1) is 0 Å². The van der Waals surface area contributed by atoms with Crippen molar-refractivity contribution < 1.29 is 23.9 Å². The van der Waals surface area contributed by atoms with E-state index in [1.807, 2.05) is 24.4 Å². The molecule has 2 aliphatic rings. The van der Waals surface area contributed by atoms with Crippen molar-refractivity contribution in [1.82, 2.24) is 15.5 Å². The SMILES string of the molecule is C[C@@H]1CCCC[C@]12NC(=O)N(CC(=O)OCC(=O)NCCc1cccs1)C2=O. The number of amides is 4. The first-order valence-corrected chi connectivity index (χ1v) is 10.4. The normalized spacial score (nSPS) is 24.3. The molecular weight excluding hydrogens is 382 g/mol. The lowest BCUT2D eigenvalue weighted by molar-refractivity contribution is -0.151. The Hall–Kier alpha value is -2.42. The van der Waals surface area contributed by atoms with Gasteiger partial charge in [0.1, 0.15) is 12.1 Å². The molecule has 28 heavy (non-hydrogen) atoms. The minimum absolute atomic E-state index is 0.0212. The summed E-state index contributed by atoms with van der Waals surface area (Å²) in [6.07, 6.45) is 4.03. The molecule has 2 heterocycles. The molecule has 1 aliphatic carbocycles. The summed E-state index contributed by atoms with van der Waals surface area (Å²) in [4.78, 5) is 50.9. The van der Waals surface area contributed by atoms with Gasteiger partial charge in [0.25, 0.3) is 11.8 Å². The van der Waals surface area contributed by atoms with Crippen molar-refractivity contribution in [1.29, 1.82) is 0 Å². The summed E-state index contributed by atoms with van der Waals surface area (Å²) in [7, 11) is 0. The molecule has 4 amide bonds. The third kappa shape index (κ3) is 4.35. The summed E-state index contributed by atoms with van der Waals surface area (Å²) in [5.74, 6) is -1.55. The van der Waals surface area contributed by atoms with E-state index in [0.29, 0.717) is 19.4 Å². The zero-order chi connectivity index (χ0) is 20.1. The highest BCUT2D eigenvalue weighted by Gasteiger charge is 2.55. The standard InChI is InChI=1S/C19H25N3O5S/c1-13-5-2-3-8-19(13)17(25)22(18(26)21-19)11-16(24)27-12-15(23)20-9-7-14-6-4-10-28-14/h4,6,10,13H,2-3,5,7-9,11-12H2,1H3,(H,20,23)(H,21,26)/t13-,19+/m1/s1. The lowest BCUT2D eigenvalue weighted by Crippen LogP contribution is -2.54. The molecule has 0 bridgehead atoms. The lowest BCUT2D eigenvalue weighted by atomic mass is 9.73. The number of imide groups is 1. The van der Waals surface area contributed by atoms with Gasteiger partial charge in [-0.05, 0) is 36.6 Å². The number of esters is 1. The number of carbonyl (C=O) groups excluding carboxylic acids is 4. The Bertz CT molecular complexity index is 751. The molecule has 1 spiro atoms. The van der Waals surface area contributed by atoms with Crippen LogP contribution in [0, 0.1) is 5.92 Å². The molecule has 152 valence electrons. The van der Waals surface area contributed by atoms with Crippen molar-refractivity contribution in [3.8, 4) is 0 Å². The second-order valence-corrected chi connectivity index (χ2v) is 8.31. The average molecular weight is 407 g/mol. The third-order valence-corrected chi connectivity index (χ3v) is 6.36. The van der Waals surface area contributed by atoms with E-state index in [1.54, 1.807) is 11.3 Å². The van der Waals surface area contributed by atoms with Gasteiger partial charge in [0, 0.05) is 11.4 Å². The minimum atomic E-state index is -0.908. The zero-order valence-corrected chi connectivity index (χ0v) is 16.7. The van der Waals surface area contributed by atoms with E-state index in [0.717, 1.165) is 29.0 Å². The van der Waals surface area contributed by atoms with Gasteiger partial charge in [-0.3, -0.25) is 19.3 Å². The molecule has 1 aromatic rings. The zero-order valence-electron chi connectivity index (χ0n) is 15.9. The Labute approximate surface area is 167 Å². The molecule has 8 nitrogen and oxygen atoms in total. The summed E-state index contributed by atoms with van der Waals surface area (Å²) in [5, 5.41) is 7.42. The van der Waals surface area contributed by atoms with Crippen molar-refractivity contribution in [3.63, 3.8) is 0 Å². The van der Waals surface area contributed by atoms with Crippen LogP contribution in [0.15, 0.2) is 17.5 Å². The van der Waals surface area contributed by atoms with Crippen molar-refractivity contribution in [3.05, 3.63) is 22.4 Å². The molecule has 1 aromatic heterocycles. The summed E-state index contributed by atoms with van der Waals surface area (Å²) in [5.41, 5.74) is -0.908. The molecule has 0 unspecified atom stereocenters. The molecule has 0 radical (unpaired) electrons. The molecule has 1 saturated carbocycles. The molecule has 2 fully saturated rings. The van der Waals surface area contributed by atoms with Crippen molar-refractivity contribution in [2.24, 2.45) is 5.92 Å². The fourth-order valence-corrected chi connectivity index (χ4v) is 4.50. The summed E-state index contributed by atoms with van der Waals surface area (Å²) in [6, 6.07) is 3.35. The van der Waals surface area contributed by atoms with Crippen molar-refractivity contribution in [2.45, 2.75) is 44.6 Å². The Morgan fingerprint density at radius 1 is 1.39 bits per heavy atom. The summed E-state index contributed by atoms with van der Waals surface area (Å²) < 4.78 is 4.93. The van der Waals surface area contributed by atoms with Crippen LogP contribution in [0.3, 0.4) is 0 Å². The van der Waals surface area contributed by atoms with Crippen LogP contribution in [-0.2, 0) is 25.5 Å². The predicted octanol–water partition coefficient (Wildman–Crippen LogP) is 1.45. The Kier molecular flexibility index (Phi) is 6.33. The fraction of sp³-hybridized carbons (Fsp3) is 0.579. The van der Waals surface area contributed by atoms with Crippen LogP contribution in [0.4, 0.5) is 4.79 Å². The number of hydrogen-bond donors (Lipinski definition) is 2. The quantitative estimate of drug-likeness (QED) is 0.526. The van der Waals surface area contributed by atoms with Crippen LogP contribution in [0.5, 0.6) is 0 Å². The first-order chi connectivity index (χ1) is 13.4. The topological polar surface area (TPSA) is 105 Å². The summed E-state index contributed by atoms with van der Waals surface area (Å²) >= 11 is 1.61. The van der Waals surface area contributed by atoms with Crippen molar-refractivity contribution in [2.75, 3.05) is 19.7 Å². The minimum Gasteiger partial charge on any atom is -0.454 e. The largest absolute Gasteiger partial charge is 0.454 e. The number of rotatable bonds is 7. The van der Waals surface area contributed by atoms with Gasteiger partial charge in [-0.25, -0.2) is 4.79 Å². The highest BCUT2D eigenvalue weighted by molar-refractivity contribution is 7.09. The Balaban J connectivity index is 1.43. The van der Waals surface area contributed by atoms with Crippen LogP contribution >= 0.6 is 11.3 Å². The van der Waals surface area contributed by atoms with Gasteiger partial charge in [-0.1, -0.05) is 25.8 Å². The van der Waals surface area contributed by atoms with Gasteiger partial charge >= 0.3 is 12.0 Å². The van der Waals surface area contributed by atoms with Gasteiger partial charge in [0.15, 0.2) is 6.61 Å². The number of hydrogen-bond acceptors (Lipinski definition) is 6. The number of urea groups is 1. The van der Waals surface area contributed by atoms with Crippen LogP contribution in [0.1, 0.15) is 37.5 Å². The monoisotopic (exact) mass is 407 g/mol. The maximum Gasteiger partial charge on any atom is 0.326 e. The molecule has 9 heteroatoms. The van der Waals surface area contributed by atoms with Gasteiger partial charge in [0.2, 0.25) is 0 Å². The number of carbonyl (C=O) groups is 4. The summed E-state index contributed by atoms with van der Waals surface area (Å²) in [6.45, 7) is 1.47. The number of nitrogens with zero attached hydrogens (tertiary/aromatic N) is 1. The van der Waals surface area contributed by atoms with E-state index < -0.39 is 36.6 Å². The highest BCUT2D eigenvalue weighted by Crippen LogP contribution is 2.38. The van der Waals surface area contributed by atoms with Gasteiger partial charge in [-0.15, -0.1) is 11.3 Å². The highest BCUT2D eigenvalue weighted by atomic mass is 32.1. The maximum absolute atomic E-state index is 12.8. The van der Waals surface area contributed by atoms with E-state index in [1.165, 1.54) is 0 Å². The molecule has 1 saturated heterocycles. The predicted molar refractivity (Wildman–Crippen MR) is 103 cm³/mol. The van der Waals surface area contributed by atoms with Crippen molar-refractivity contribution >= 4 is 35.2 Å². The first kappa shape index (κ1) is 20.3. The maximum atomic E-state index is 12.8. The van der Waals surface area contributed by atoms with E-state index in [-0.39, 0.29) is 11.8 Å². The van der Waals surface area contributed by atoms with E-state index in [2.05, 4.69) is 10.6 Å². The van der Waals surface area contributed by atoms with E-state index in [4.69, 9.17) is 4.74 Å². The smallest absolute Gasteiger partial charge is 0.326 e. The number of thiophene rings is 1. The Morgan fingerprint density at radius 3 is 2.93 bits per heavy atom. The van der Waals surface area contributed by atoms with Gasteiger partial charge < -0.3 is 15.4 Å². The Morgan fingerprint density at radius 2 is 2.21 bits per heavy atom. The second kappa shape index (κ2) is 8.72.